The number of rotatable bonds is 5. The molecule has 1 aromatic heterocycles. The molecule has 0 aliphatic carbocycles. The fourth-order valence-electron chi connectivity index (χ4n) is 1.91. The topological polar surface area (TPSA) is 131 Å². The Balaban J connectivity index is 2.32. The van der Waals surface area contributed by atoms with Gasteiger partial charge >= 0.3 is 0 Å². The molecular formula is C14H14N4O5S. The third-order valence-electron chi connectivity index (χ3n) is 3.20. The van der Waals surface area contributed by atoms with E-state index in [0.29, 0.717) is 5.69 Å². The first-order valence-corrected chi connectivity index (χ1v) is 8.19. The van der Waals surface area contributed by atoms with Crippen molar-refractivity contribution in [2.24, 2.45) is 0 Å². The molecule has 0 bridgehead atoms. The summed E-state index contributed by atoms with van der Waals surface area (Å²) in [4.78, 5) is 26.3. The van der Waals surface area contributed by atoms with Crippen LogP contribution < -0.4 is 10.0 Å². The Morgan fingerprint density at radius 2 is 2.00 bits per heavy atom. The third kappa shape index (κ3) is 3.73. The minimum absolute atomic E-state index is 0.0170. The molecule has 0 saturated heterocycles. The van der Waals surface area contributed by atoms with Gasteiger partial charge in [0, 0.05) is 11.8 Å². The van der Waals surface area contributed by atoms with Crippen LogP contribution in [0.3, 0.4) is 0 Å². The fourth-order valence-corrected chi connectivity index (χ4v) is 2.68. The van der Waals surface area contributed by atoms with Crippen LogP contribution in [0.15, 0.2) is 41.4 Å². The molecule has 0 unspecified atom stereocenters. The van der Waals surface area contributed by atoms with E-state index in [0.717, 1.165) is 12.3 Å². The molecule has 1 amide bonds. The highest BCUT2D eigenvalue weighted by Gasteiger charge is 2.17. The Bertz CT molecular complexity index is 911. The summed E-state index contributed by atoms with van der Waals surface area (Å²) in [6.45, 7) is 1.54. The second-order valence-corrected chi connectivity index (χ2v) is 6.66. The number of nitrogens with one attached hydrogen (secondary N) is 2. The minimum Gasteiger partial charge on any atom is -0.322 e. The van der Waals surface area contributed by atoms with E-state index in [-0.39, 0.29) is 21.8 Å². The standard InChI is InChI=1S/C14H14N4O5S/c1-9-13(7-11(8-16-9)18(20)21)14(19)17-10-4-3-5-12(6-10)24(22,23)15-2/h3-8,15H,1-2H3,(H,17,19). The van der Waals surface area contributed by atoms with Gasteiger partial charge in [-0.3, -0.25) is 19.9 Å². The SMILES string of the molecule is CNS(=O)(=O)c1cccc(NC(=O)c2cc([N+](=O)[O-])cnc2C)c1. The van der Waals surface area contributed by atoms with Crippen LogP contribution in [0, 0.1) is 17.0 Å². The Hall–Kier alpha value is -2.85. The Kier molecular flexibility index (Phi) is 4.90. The summed E-state index contributed by atoms with van der Waals surface area (Å²) in [6, 6.07) is 6.75. The Morgan fingerprint density at radius 3 is 2.62 bits per heavy atom. The number of pyridine rings is 1. The van der Waals surface area contributed by atoms with Gasteiger partial charge in [-0.2, -0.15) is 0 Å². The van der Waals surface area contributed by atoms with Gasteiger partial charge in [-0.15, -0.1) is 0 Å². The van der Waals surface area contributed by atoms with E-state index in [1.807, 2.05) is 0 Å². The van der Waals surface area contributed by atoms with Gasteiger partial charge in [-0.05, 0) is 32.2 Å². The van der Waals surface area contributed by atoms with Gasteiger partial charge in [-0.1, -0.05) is 6.07 Å². The summed E-state index contributed by atoms with van der Waals surface area (Å²) < 4.78 is 25.7. The van der Waals surface area contributed by atoms with Crippen molar-refractivity contribution in [1.29, 1.82) is 0 Å². The number of anilines is 1. The molecule has 0 saturated carbocycles. The second-order valence-electron chi connectivity index (χ2n) is 4.77. The van der Waals surface area contributed by atoms with Crippen molar-refractivity contribution >= 4 is 27.3 Å². The lowest BCUT2D eigenvalue weighted by Crippen LogP contribution is -2.19. The lowest BCUT2D eigenvalue weighted by atomic mass is 10.1. The zero-order valence-corrected chi connectivity index (χ0v) is 13.6. The molecule has 2 rings (SSSR count). The normalized spacial score (nSPS) is 11.1. The highest BCUT2D eigenvalue weighted by molar-refractivity contribution is 7.89. The number of nitro groups is 1. The highest BCUT2D eigenvalue weighted by atomic mass is 32.2. The van der Waals surface area contributed by atoms with Gasteiger partial charge in [0.1, 0.15) is 6.20 Å². The van der Waals surface area contributed by atoms with Crippen LogP contribution in [0.5, 0.6) is 0 Å². The number of nitrogens with zero attached hydrogens (tertiary/aromatic N) is 2. The van der Waals surface area contributed by atoms with E-state index < -0.39 is 20.9 Å². The monoisotopic (exact) mass is 350 g/mol. The summed E-state index contributed by atoms with van der Waals surface area (Å²) in [6.07, 6.45) is 1.06. The van der Waals surface area contributed by atoms with Gasteiger partial charge in [0.05, 0.1) is 21.1 Å². The summed E-state index contributed by atoms with van der Waals surface area (Å²) in [5, 5.41) is 13.3. The van der Waals surface area contributed by atoms with Crippen molar-refractivity contribution in [3.8, 4) is 0 Å². The number of hydrogen-bond donors (Lipinski definition) is 2. The van der Waals surface area contributed by atoms with E-state index in [9.17, 15) is 23.3 Å². The molecule has 2 aromatic rings. The van der Waals surface area contributed by atoms with E-state index in [1.165, 1.54) is 31.3 Å². The van der Waals surface area contributed by atoms with Gasteiger partial charge in [-0.25, -0.2) is 13.1 Å². The average molecular weight is 350 g/mol. The quantitative estimate of drug-likeness (QED) is 0.620. The van der Waals surface area contributed by atoms with Crippen LogP contribution >= 0.6 is 0 Å². The van der Waals surface area contributed by atoms with Crippen LogP contribution in [-0.2, 0) is 10.0 Å². The minimum atomic E-state index is -3.65. The van der Waals surface area contributed by atoms with Gasteiger partial charge in [0.25, 0.3) is 11.6 Å². The first-order valence-electron chi connectivity index (χ1n) is 6.70. The number of aromatic nitrogens is 1. The van der Waals surface area contributed by atoms with Crippen molar-refractivity contribution in [2.75, 3.05) is 12.4 Å². The molecule has 0 spiro atoms. The molecule has 1 heterocycles. The van der Waals surface area contributed by atoms with Crippen molar-refractivity contribution < 1.29 is 18.1 Å². The summed E-state index contributed by atoms with van der Waals surface area (Å²) in [7, 11) is -2.37. The molecular weight excluding hydrogens is 336 g/mol. The Morgan fingerprint density at radius 1 is 1.29 bits per heavy atom. The maximum Gasteiger partial charge on any atom is 0.288 e. The molecule has 10 heteroatoms. The number of sulfonamides is 1. The van der Waals surface area contributed by atoms with E-state index in [1.54, 1.807) is 6.92 Å². The number of benzene rings is 1. The maximum absolute atomic E-state index is 12.3. The first-order chi connectivity index (χ1) is 11.2. The van der Waals surface area contributed by atoms with Gasteiger partial charge in [0.15, 0.2) is 0 Å². The largest absolute Gasteiger partial charge is 0.322 e. The van der Waals surface area contributed by atoms with Crippen molar-refractivity contribution in [1.82, 2.24) is 9.71 Å². The van der Waals surface area contributed by atoms with Crippen LogP contribution in [-0.4, -0.2) is 31.3 Å². The lowest BCUT2D eigenvalue weighted by Gasteiger charge is -2.09. The van der Waals surface area contributed by atoms with Crippen molar-refractivity contribution in [3.63, 3.8) is 0 Å². The number of carbonyl (C=O) groups is 1. The predicted molar refractivity (Wildman–Crippen MR) is 86.3 cm³/mol. The van der Waals surface area contributed by atoms with Gasteiger partial charge in [0.2, 0.25) is 10.0 Å². The Labute approximate surface area is 137 Å². The molecule has 1 aromatic carbocycles. The molecule has 0 aliphatic heterocycles. The average Bonchev–Trinajstić information content (AvgIpc) is 2.55. The summed E-state index contributed by atoms with van der Waals surface area (Å²) >= 11 is 0. The number of aryl methyl sites for hydroxylation is 1. The van der Waals surface area contributed by atoms with Crippen LogP contribution in [0.4, 0.5) is 11.4 Å². The van der Waals surface area contributed by atoms with Crippen LogP contribution in [0.1, 0.15) is 16.1 Å². The van der Waals surface area contributed by atoms with Crippen molar-refractivity contribution in [2.45, 2.75) is 11.8 Å². The second kappa shape index (κ2) is 6.72. The van der Waals surface area contributed by atoms with E-state index in [2.05, 4.69) is 15.0 Å². The molecule has 0 fully saturated rings. The van der Waals surface area contributed by atoms with Crippen LogP contribution in [0.2, 0.25) is 0 Å². The highest BCUT2D eigenvalue weighted by Crippen LogP contribution is 2.19. The molecule has 126 valence electrons. The first kappa shape index (κ1) is 17.5. The molecule has 0 radical (unpaired) electrons. The molecule has 0 atom stereocenters. The molecule has 0 aliphatic rings. The fraction of sp³-hybridized carbons (Fsp3) is 0.143. The van der Waals surface area contributed by atoms with Crippen LogP contribution in [0.25, 0.3) is 0 Å². The third-order valence-corrected chi connectivity index (χ3v) is 4.61. The number of hydrogen-bond acceptors (Lipinski definition) is 6. The summed E-state index contributed by atoms with van der Waals surface area (Å²) in [5.41, 5.74) is 0.280. The van der Waals surface area contributed by atoms with Crippen molar-refractivity contribution in [3.05, 3.63) is 57.9 Å². The predicted octanol–water partition coefficient (Wildman–Crippen LogP) is 1.46. The molecule has 9 nitrogen and oxygen atoms in total. The maximum atomic E-state index is 12.3. The van der Waals surface area contributed by atoms with E-state index in [4.69, 9.17) is 0 Å². The molecule has 2 N–H and O–H groups in total. The smallest absolute Gasteiger partial charge is 0.288 e. The number of amides is 1. The zero-order valence-electron chi connectivity index (χ0n) is 12.8. The molecule has 24 heavy (non-hydrogen) atoms. The zero-order chi connectivity index (χ0) is 17.9. The lowest BCUT2D eigenvalue weighted by molar-refractivity contribution is -0.385. The van der Waals surface area contributed by atoms with E-state index >= 15 is 0 Å². The number of carbonyl (C=O) groups excluding carboxylic acids is 1. The van der Waals surface area contributed by atoms with Gasteiger partial charge < -0.3 is 5.32 Å². The summed E-state index contributed by atoms with van der Waals surface area (Å²) in [5.74, 6) is -0.622.